The van der Waals surface area contributed by atoms with Gasteiger partial charge in [0.05, 0.1) is 17.7 Å². The van der Waals surface area contributed by atoms with E-state index in [1.165, 1.54) is 11.3 Å². The predicted octanol–water partition coefficient (Wildman–Crippen LogP) is 4.70. The number of aryl methyl sites for hydroxylation is 1. The first-order valence-corrected chi connectivity index (χ1v) is 9.78. The van der Waals surface area contributed by atoms with E-state index in [1.807, 2.05) is 31.2 Å². The first-order chi connectivity index (χ1) is 12.0. The van der Waals surface area contributed by atoms with Gasteiger partial charge in [-0.05, 0) is 37.6 Å². The molecule has 0 atom stereocenters. The van der Waals surface area contributed by atoms with E-state index < -0.39 is 0 Å². The number of hydrogen-bond acceptors (Lipinski definition) is 7. The molecule has 2 heterocycles. The van der Waals surface area contributed by atoms with E-state index in [0.29, 0.717) is 38.7 Å². The minimum Gasteiger partial charge on any atom is -0.462 e. The van der Waals surface area contributed by atoms with Crippen molar-refractivity contribution in [1.29, 1.82) is 0 Å². The van der Waals surface area contributed by atoms with Crippen LogP contribution in [-0.2, 0) is 10.5 Å². The van der Waals surface area contributed by atoms with E-state index in [0.717, 1.165) is 15.8 Å². The highest BCUT2D eigenvalue weighted by Crippen LogP contribution is 2.34. The molecular formula is C17H16ClN3O2S2. The third kappa shape index (κ3) is 3.89. The molecule has 0 spiro atoms. The number of benzene rings is 1. The third-order valence-corrected chi connectivity index (χ3v) is 5.88. The summed E-state index contributed by atoms with van der Waals surface area (Å²) < 4.78 is 5.09. The summed E-state index contributed by atoms with van der Waals surface area (Å²) in [5.41, 5.74) is 6.88. The molecule has 0 saturated heterocycles. The van der Waals surface area contributed by atoms with Crippen LogP contribution in [0.3, 0.4) is 0 Å². The Labute approximate surface area is 158 Å². The van der Waals surface area contributed by atoms with Crippen molar-refractivity contribution < 1.29 is 9.53 Å². The number of thioether (sulfide) groups is 1. The van der Waals surface area contributed by atoms with Crippen LogP contribution in [0.5, 0.6) is 0 Å². The van der Waals surface area contributed by atoms with Crippen LogP contribution >= 0.6 is 34.7 Å². The molecule has 0 aliphatic carbocycles. The number of carbonyl (C=O) groups is 1. The number of esters is 1. The lowest BCUT2D eigenvalue weighted by molar-refractivity contribution is 0.0531. The van der Waals surface area contributed by atoms with Gasteiger partial charge in [-0.15, -0.1) is 23.1 Å². The topological polar surface area (TPSA) is 78.1 Å². The van der Waals surface area contributed by atoms with E-state index in [9.17, 15) is 4.79 Å². The van der Waals surface area contributed by atoms with Crippen LogP contribution in [0, 0.1) is 6.92 Å². The molecule has 0 unspecified atom stereocenters. The lowest BCUT2D eigenvalue weighted by atomic mass is 10.2. The highest BCUT2D eigenvalue weighted by Gasteiger charge is 2.20. The lowest BCUT2D eigenvalue weighted by Crippen LogP contribution is -2.03. The Bertz CT molecular complexity index is 943. The number of hydrogen-bond donors (Lipinski definition) is 1. The maximum absolute atomic E-state index is 12.1. The van der Waals surface area contributed by atoms with Crippen LogP contribution in [0.4, 0.5) is 5.82 Å². The third-order valence-electron chi connectivity index (χ3n) is 3.49. The summed E-state index contributed by atoms with van der Waals surface area (Å²) in [4.78, 5) is 23.3. The second-order valence-corrected chi connectivity index (χ2v) is 7.71. The zero-order chi connectivity index (χ0) is 18.0. The summed E-state index contributed by atoms with van der Waals surface area (Å²) >= 11 is 8.87. The number of aromatic nitrogens is 2. The number of nitrogens with two attached hydrogens (primary N) is 1. The number of halogens is 1. The van der Waals surface area contributed by atoms with E-state index in [4.69, 9.17) is 22.1 Å². The average Bonchev–Trinajstić information content (AvgIpc) is 2.91. The molecule has 25 heavy (non-hydrogen) atoms. The molecule has 2 aromatic heterocycles. The van der Waals surface area contributed by atoms with Crippen molar-refractivity contribution >= 4 is 56.7 Å². The van der Waals surface area contributed by atoms with Crippen LogP contribution < -0.4 is 5.73 Å². The Hall–Kier alpha value is -1.83. The van der Waals surface area contributed by atoms with Crippen LogP contribution in [0.1, 0.15) is 28.0 Å². The predicted molar refractivity (Wildman–Crippen MR) is 104 cm³/mol. The Morgan fingerprint density at radius 3 is 2.92 bits per heavy atom. The fourth-order valence-electron chi connectivity index (χ4n) is 2.38. The van der Waals surface area contributed by atoms with Gasteiger partial charge in [-0.25, -0.2) is 14.8 Å². The molecule has 0 fully saturated rings. The Morgan fingerprint density at radius 2 is 2.20 bits per heavy atom. The zero-order valence-electron chi connectivity index (χ0n) is 13.7. The molecule has 0 saturated carbocycles. The Kier molecular flexibility index (Phi) is 5.46. The van der Waals surface area contributed by atoms with Crippen molar-refractivity contribution in [3.63, 3.8) is 0 Å². The largest absolute Gasteiger partial charge is 0.462 e. The summed E-state index contributed by atoms with van der Waals surface area (Å²) in [6.45, 7) is 3.94. The van der Waals surface area contributed by atoms with Gasteiger partial charge >= 0.3 is 5.97 Å². The van der Waals surface area contributed by atoms with Crippen LogP contribution in [0.2, 0.25) is 5.02 Å². The van der Waals surface area contributed by atoms with E-state index in [1.54, 1.807) is 18.7 Å². The van der Waals surface area contributed by atoms with Crippen LogP contribution in [0.15, 0.2) is 29.2 Å². The molecule has 1 aromatic carbocycles. The van der Waals surface area contributed by atoms with Crippen molar-refractivity contribution in [2.24, 2.45) is 0 Å². The molecule has 0 radical (unpaired) electrons. The molecule has 0 bridgehead atoms. The monoisotopic (exact) mass is 393 g/mol. The Morgan fingerprint density at radius 1 is 1.40 bits per heavy atom. The molecule has 2 N–H and O–H groups in total. The zero-order valence-corrected chi connectivity index (χ0v) is 16.1. The summed E-state index contributed by atoms with van der Waals surface area (Å²) in [6, 6.07) is 7.60. The number of nitrogens with zero attached hydrogens (tertiary/aromatic N) is 2. The van der Waals surface area contributed by atoms with Gasteiger partial charge in [0.1, 0.15) is 21.3 Å². The molecule has 3 aromatic rings. The average molecular weight is 394 g/mol. The van der Waals surface area contributed by atoms with Crippen molar-refractivity contribution in [1.82, 2.24) is 9.97 Å². The molecule has 5 nitrogen and oxygen atoms in total. The maximum atomic E-state index is 12.1. The first kappa shape index (κ1) is 18.0. The van der Waals surface area contributed by atoms with Gasteiger partial charge in [-0.1, -0.05) is 17.7 Å². The number of nitrogen functional groups attached to an aromatic ring is 1. The van der Waals surface area contributed by atoms with Gasteiger partial charge < -0.3 is 10.5 Å². The van der Waals surface area contributed by atoms with Gasteiger partial charge in [0.2, 0.25) is 0 Å². The number of carbonyl (C=O) groups excluding carboxylic acids is 1. The van der Waals surface area contributed by atoms with Crippen LogP contribution in [-0.4, -0.2) is 22.5 Å². The fraction of sp³-hybridized carbons (Fsp3) is 0.235. The molecule has 0 aliphatic heterocycles. The SMILES string of the molecule is CCOC(=O)c1sc2nc(CSc3cccc(Cl)c3)nc(N)c2c1C. The highest BCUT2D eigenvalue weighted by atomic mass is 35.5. The smallest absolute Gasteiger partial charge is 0.348 e. The van der Waals surface area contributed by atoms with Crippen molar-refractivity contribution in [3.8, 4) is 0 Å². The standard InChI is InChI=1S/C17H16ClN3O2S2/c1-3-23-17(22)14-9(2)13-15(19)20-12(21-16(13)25-14)8-24-11-6-4-5-10(18)7-11/h4-7H,3,8H2,1-2H3,(H2,19,20,21). The summed E-state index contributed by atoms with van der Waals surface area (Å²) in [5, 5.41) is 1.42. The number of fused-ring (bicyclic) bond motifs is 1. The minimum atomic E-state index is -0.350. The molecular weight excluding hydrogens is 378 g/mol. The van der Waals surface area contributed by atoms with Gasteiger partial charge in [-0.2, -0.15) is 0 Å². The Balaban J connectivity index is 1.89. The molecule has 3 rings (SSSR count). The van der Waals surface area contributed by atoms with Crippen LogP contribution in [0.25, 0.3) is 10.2 Å². The number of ether oxygens (including phenoxy) is 1. The number of anilines is 1. The quantitative estimate of drug-likeness (QED) is 0.499. The normalized spacial score (nSPS) is 11.0. The van der Waals surface area contributed by atoms with Gasteiger partial charge in [0, 0.05) is 9.92 Å². The van der Waals surface area contributed by atoms with Crippen molar-refractivity contribution in [3.05, 3.63) is 45.6 Å². The summed E-state index contributed by atoms with van der Waals surface area (Å²) in [5.74, 6) is 1.21. The minimum absolute atomic E-state index is 0.329. The van der Waals surface area contributed by atoms with E-state index in [-0.39, 0.29) is 5.97 Å². The number of thiophene rings is 1. The fourth-order valence-corrected chi connectivity index (χ4v) is 4.54. The molecule has 8 heteroatoms. The second kappa shape index (κ2) is 7.59. The molecule has 130 valence electrons. The lowest BCUT2D eigenvalue weighted by Gasteiger charge is -2.04. The summed E-state index contributed by atoms with van der Waals surface area (Å²) in [7, 11) is 0. The molecule has 0 amide bonds. The van der Waals surface area contributed by atoms with Crippen molar-refractivity contribution in [2.75, 3.05) is 12.3 Å². The van der Waals surface area contributed by atoms with Gasteiger partial charge in [0.25, 0.3) is 0 Å². The van der Waals surface area contributed by atoms with E-state index in [2.05, 4.69) is 9.97 Å². The van der Waals surface area contributed by atoms with E-state index >= 15 is 0 Å². The van der Waals surface area contributed by atoms with Gasteiger partial charge in [0.15, 0.2) is 0 Å². The number of rotatable bonds is 5. The first-order valence-electron chi connectivity index (χ1n) is 7.60. The second-order valence-electron chi connectivity index (χ2n) is 5.23. The van der Waals surface area contributed by atoms with Gasteiger partial charge in [-0.3, -0.25) is 0 Å². The molecule has 0 aliphatic rings. The highest BCUT2D eigenvalue weighted by molar-refractivity contribution is 7.98. The van der Waals surface area contributed by atoms with Crippen molar-refractivity contribution in [2.45, 2.75) is 24.5 Å². The maximum Gasteiger partial charge on any atom is 0.348 e. The summed E-state index contributed by atoms with van der Waals surface area (Å²) in [6.07, 6.45) is 0.